The van der Waals surface area contributed by atoms with Gasteiger partial charge in [0.05, 0.1) is 30.0 Å². The normalized spacial score (nSPS) is 10.6. The fourth-order valence-electron chi connectivity index (χ4n) is 2.52. The van der Waals surface area contributed by atoms with E-state index in [1.165, 1.54) is 31.1 Å². The minimum atomic E-state index is -0.331. The highest BCUT2D eigenvalue weighted by Crippen LogP contribution is 2.31. The second-order valence-electron chi connectivity index (χ2n) is 5.49. The van der Waals surface area contributed by atoms with E-state index in [0.29, 0.717) is 22.2 Å². The standard InChI is InChI=1S/C18H19N3O3S/c1-10-8-9-14-15(11(10)2)19-18(25-14)21-20-17(22)12-6-5-7-13(23-3)16(12)24-4/h5-9H,1-4H3,(H,19,21)(H,20,22). The molecule has 0 spiro atoms. The molecule has 2 aromatic carbocycles. The number of thiazole rings is 1. The largest absolute Gasteiger partial charge is 0.493 e. The Morgan fingerprint density at radius 2 is 1.92 bits per heavy atom. The van der Waals surface area contributed by atoms with Crippen LogP contribution in [-0.2, 0) is 0 Å². The van der Waals surface area contributed by atoms with Crippen LogP contribution in [0.2, 0.25) is 0 Å². The molecule has 1 amide bonds. The van der Waals surface area contributed by atoms with Crippen molar-refractivity contribution in [2.45, 2.75) is 13.8 Å². The van der Waals surface area contributed by atoms with E-state index in [9.17, 15) is 4.79 Å². The molecule has 1 aromatic heterocycles. The second-order valence-corrected chi connectivity index (χ2v) is 6.52. The van der Waals surface area contributed by atoms with Gasteiger partial charge in [0.2, 0.25) is 5.13 Å². The maximum Gasteiger partial charge on any atom is 0.273 e. The fourth-order valence-corrected chi connectivity index (χ4v) is 3.40. The highest BCUT2D eigenvalue weighted by atomic mass is 32.1. The zero-order valence-electron chi connectivity index (χ0n) is 14.5. The lowest BCUT2D eigenvalue weighted by atomic mass is 10.1. The number of hydrazine groups is 1. The lowest BCUT2D eigenvalue weighted by Gasteiger charge is -2.12. The minimum absolute atomic E-state index is 0.331. The first-order valence-corrected chi connectivity index (χ1v) is 8.51. The first-order valence-electron chi connectivity index (χ1n) is 7.69. The Kier molecular flexibility index (Phi) is 4.76. The number of methoxy groups -OCH3 is 2. The molecular formula is C18H19N3O3S. The summed E-state index contributed by atoms with van der Waals surface area (Å²) < 4.78 is 11.6. The highest BCUT2D eigenvalue weighted by Gasteiger charge is 2.16. The molecule has 0 aliphatic heterocycles. The molecule has 0 unspecified atom stereocenters. The molecule has 7 heteroatoms. The van der Waals surface area contributed by atoms with Crippen LogP contribution in [0.5, 0.6) is 11.5 Å². The third-order valence-corrected chi connectivity index (χ3v) is 4.95. The number of ether oxygens (including phenoxy) is 2. The molecule has 130 valence electrons. The predicted molar refractivity (Wildman–Crippen MR) is 99.7 cm³/mol. The van der Waals surface area contributed by atoms with Crippen molar-refractivity contribution in [2.24, 2.45) is 0 Å². The second kappa shape index (κ2) is 6.98. The lowest BCUT2D eigenvalue weighted by molar-refractivity contribution is 0.0959. The van der Waals surface area contributed by atoms with Crippen molar-refractivity contribution in [3.8, 4) is 11.5 Å². The zero-order valence-corrected chi connectivity index (χ0v) is 15.3. The number of aromatic nitrogens is 1. The van der Waals surface area contributed by atoms with Gasteiger partial charge in [0, 0.05) is 0 Å². The van der Waals surface area contributed by atoms with Gasteiger partial charge >= 0.3 is 0 Å². The molecule has 0 aliphatic carbocycles. The number of benzene rings is 2. The van der Waals surface area contributed by atoms with Gasteiger partial charge in [-0.15, -0.1) is 0 Å². The smallest absolute Gasteiger partial charge is 0.273 e. The van der Waals surface area contributed by atoms with Gasteiger partial charge in [-0.2, -0.15) is 0 Å². The van der Waals surface area contributed by atoms with Gasteiger partial charge in [0.15, 0.2) is 11.5 Å². The van der Waals surface area contributed by atoms with Crippen LogP contribution >= 0.6 is 11.3 Å². The molecule has 0 fully saturated rings. The third kappa shape index (κ3) is 3.23. The van der Waals surface area contributed by atoms with Gasteiger partial charge in [-0.1, -0.05) is 23.5 Å². The number of nitrogens with zero attached hydrogens (tertiary/aromatic N) is 1. The van der Waals surface area contributed by atoms with Crippen molar-refractivity contribution < 1.29 is 14.3 Å². The van der Waals surface area contributed by atoms with Gasteiger partial charge in [-0.3, -0.25) is 15.6 Å². The number of anilines is 1. The molecule has 3 aromatic rings. The van der Waals surface area contributed by atoms with Crippen LogP contribution in [-0.4, -0.2) is 25.1 Å². The summed E-state index contributed by atoms with van der Waals surface area (Å²) >= 11 is 1.48. The molecule has 2 N–H and O–H groups in total. The van der Waals surface area contributed by atoms with Gasteiger partial charge in [-0.25, -0.2) is 4.98 Å². The number of rotatable bonds is 5. The van der Waals surface area contributed by atoms with Crippen LogP contribution < -0.4 is 20.3 Å². The highest BCUT2D eigenvalue weighted by molar-refractivity contribution is 7.22. The maximum atomic E-state index is 12.5. The molecule has 0 radical (unpaired) electrons. The fraction of sp³-hybridized carbons (Fsp3) is 0.222. The minimum Gasteiger partial charge on any atom is -0.493 e. The summed E-state index contributed by atoms with van der Waals surface area (Å²) in [4.78, 5) is 17.0. The lowest BCUT2D eigenvalue weighted by Crippen LogP contribution is -2.29. The number of hydrogen-bond donors (Lipinski definition) is 2. The number of para-hydroxylation sites is 1. The van der Waals surface area contributed by atoms with Crippen molar-refractivity contribution in [1.82, 2.24) is 10.4 Å². The van der Waals surface area contributed by atoms with Gasteiger partial charge in [-0.05, 0) is 43.2 Å². The summed E-state index contributed by atoms with van der Waals surface area (Å²) in [6, 6.07) is 9.25. The Morgan fingerprint density at radius 1 is 1.12 bits per heavy atom. The SMILES string of the molecule is COc1cccc(C(=O)NNc2nc3c(C)c(C)ccc3s2)c1OC. The molecule has 3 rings (SSSR count). The summed E-state index contributed by atoms with van der Waals surface area (Å²) in [5.74, 6) is 0.559. The van der Waals surface area contributed by atoms with Crippen molar-refractivity contribution in [1.29, 1.82) is 0 Å². The molecule has 6 nitrogen and oxygen atoms in total. The molecule has 1 heterocycles. The van der Waals surface area contributed by atoms with E-state index in [1.807, 2.05) is 13.0 Å². The monoisotopic (exact) mass is 357 g/mol. The Bertz CT molecular complexity index is 937. The Balaban J connectivity index is 1.80. The van der Waals surface area contributed by atoms with Crippen LogP contribution in [0.1, 0.15) is 21.5 Å². The summed E-state index contributed by atoms with van der Waals surface area (Å²) in [6.45, 7) is 4.10. The number of fused-ring (bicyclic) bond motifs is 1. The number of carbonyl (C=O) groups excluding carboxylic acids is 1. The van der Waals surface area contributed by atoms with Gasteiger partial charge in [0.1, 0.15) is 0 Å². The summed E-state index contributed by atoms with van der Waals surface area (Å²) in [5.41, 5.74) is 9.19. The van der Waals surface area contributed by atoms with E-state index < -0.39 is 0 Å². The molecular weight excluding hydrogens is 338 g/mol. The van der Waals surface area contributed by atoms with Crippen molar-refractivity contribution in [2.75, 3.05) is 19.6 Å². The molecule has 0 aliphatic rings. The van der Waals surface area contributed by atoms with Gasteiger partial charge in [0.25, 0.3) is 5.91 Å². The van der Waals surface area contributed by atoms with E-state index in [-0.39, 0.29) is 5.91 Å². The first kappa shape index (κ1) is 17.0. The van der Waals surface area contributed by atoms with Gasteiger partial charge < -0.3 is 9.47 Å². The number of aryl methyl sites for hydroxylation is 2. The topological polar surface area (TPSA) is 72.5 Å². The Morgan fingerprint density at radius 3 is 2.64 bits per heavy atom. The average Bonchev–Trinajstić information content (AvgIpc) is 3.06. The summed E-state index contributed by atoms with van der Waals surface area (Å²) in [6.07, 6.45) is 0. The van der Waals surface area contributed by atoms with Crippen LogP contribution in [0.4, 0.5) is 5.13 Å². The van der Waals surface area contributed by atoms with Crippen molar-refractivity contribution >= 4 is 32.6 Å². The quantitative estimate of drug-likeness (QED) is 0.682. The zero-order chi connectivity index (χ0) is 18.0. The van der Waals surface area contributed by atoms with Crippen LogP contribution in [0.25, 0.3) is 10.2 Å². The summed E-state index contributed by atoms with van der Waals surface area (Å²) in [7, 11) is 3.03. The number of amides is 1. The van der Waals surface area contributed by atoms with E-state index in [4.69, 9.17) is 9.47 Å². The van der Waals surface area contributed by atoms with Crippen molar-refractivity contribution in [3.05, 3.63) is 47.0 Å². The molecule has 0 saturated heterocycles. The summed E-state index contributed by atoms with van der Waals surface area (Å²) in [5, 5.41) is 0.624. The number of carbonyl (C=O) groups is 1. The van der Waals surface area contributed by atoms with Crippen molar-refractivity contribution in [3.63, 3.8) is 0 Å². The first-order chi connectivity index (χ1) is 12.0. The van der Waals surface area contributed by atoms with E-state index >= 15 is 0 Å². The molecule has 0 saturated carbocycles. The number of hydrogen-bond acceptors (Lipinski definition) is 6. The third-order valence-electron chi connectivity index (χ3n) is 4.02. The molecule has 0 atom stereocenters. The van der Waals surface area contributed by atoms with E-state index in [1.54, 1.807) is 18.2 Å². The predicted octanol–water partition coefficient (Wildman–Crippen LogP) is 3.69. The number of nitrogens with one attached hydrogen (secondary N) is 2. The molecule has 25 heavy (non-hydrogen) atoms. The Hall–Kier alpha value is -2.80. The van der Waals surface area contributed by atoms with Crippen LogP contribution in [0.15, 0.2) is 30.3 Å². The average molecular weight is 357 g/mol. The van der Waals surface area contributed by atoms with E-state index in [0.717, 1.165) is 15.8 Å². The van der Waals surface area contributed by atoms with E-state index in [2.05, 4.69) is 28.8 Å². The Labute approximate surface area is 149 Å². The maximum absolute atomic E-state index is 12.5. The van der Waals surface area contributed by atoms with Crippen LogP contribution in [0, 0.1) is 13.8 Å². The van der Waals surface area contributed by atoms with Crippen LogP contribution in [0.3, 0.4) is 0 Å². The molecule has 0 bridgehead atoms.